The van der Waals surface area contributed by atoms with Gasteiger partial charge >= 0.3 is 0 Å². The first-order chi connectivity index (χ1) is 14.6. The second-order valence-corrected chi connectivity index (χ2v) is 8.51. The van der Waals surface area contributed by atoms with Gasteiger partial charge in [0.05, 0.1) is 29.4 Å². The van der Waals surface area contributed by atoms with Gasteiger partial charge in [-0.15, -0.1) is 0 Å². The van der Waals surface area contributed by atoms with Crippen molar-refractivity contribution < 1.29 is 4.79 Å². The fourth-order valence-corrected chi connectivity index (χ4v) is 4.99. The van der Waals surface area contributed by atoms with E-state index in [1.807, 2.05) is 23.2 Å². The average Bonchev–Trinajstić information content (AvgIpc) is 3.21. The number of nitrogens with one attached hydrogen (secondary N) is 1. The zero-order valence-electron chi connectivity index (χ0n) is 17.1. The molecule has 30 heavy (non-hydrogen) atoms. The smallest absolute Gasteiger partial charge is 0.238 e. The third-order valence-corrected chi connectivity index (χ3v) is 6.62. The summed E-state index contributed by atoms with van der Waals surface area (Å²) < 4.78 is 2.18. The van der Waals surface area contributed by atoms with Crippen LogP contribution < -0.4 is 10.2 Å². The van der Waals surface area contributed by atoms with Crippen molar-refractivity contribution in [3.8, 4) is 0 Å². The maximum absolute atomic E-state index is 13.7. The highest BCUT2D eigenvalue weighted by Gasteiger charge is 2.51. The Bertz CT molecular complexity index is 1100. The van der Waals surface area contributed by atoms with Gasteiger partial charge in [-0.3, -0.25) is 9.78 Å². The van der Waals surface area contributed by atoms with E-state index in [2.05, 4.69) is 26.8 Å². The van der Waals surface area contributed by atoms with Gasteiger partial charge in [-0.1, -0.05) is 24.9 Å². The van der Waals surface area contributed by atoms with Gasteiger partial charge in [0.2, 0.25) is 5.91 Å². The molecular formula is C22H25ClN6O. The summed E-state index contributed by atoms with van der Waals surface area (Å²) in [5, 5.41) is 3.81. The molecule has 0 atom stereocenters. The molecule has 5 heterocycles. The van der Waals surface area contributed by atoms with E-state index in [1.54, 1.807) is 12.3 Å². The number of anilines is 1. The molecule has 5 rings (SSSR count). The van der Waals surface area contributed by atoms with Gasteiger partial charge in [0.15, 0.2) is 5.65 Å². The Labute approximate surface area is 180 Å². The van der Waals surface area contributed by atoms with Crippen LogP contribution in [0.4, 0.5) is 5.69 Å². The highest BCUT2D eigenvalue weighted by Crippen LogP contribution is 2.47. The molecule has 0 unspecified atom stereocenters. The summed E-state index contributed by atoms with van der Waals surface area (Å²) >= 11 is 6.10. The molecule has 2 aliphatic heterocycles. The molecule has 1 amide bonds. The first kappa shape index (κ1) is 19.5. The number of hydrogen-bond donors (Lipinski definition) is 1. The van der Waals surface area contributed by atoms with Crippen molar-refractivity contribution >= 4 is 34.4 Å². The molecule has 1 N–H and O–H groups in total. The Morgan fingerprint density at radius 1 is 1.20 bits per heavy atom. The Hall–Kier alpha value is -2.51. The first-order valence-corrected chi connectivity index (χ1v) is 11.0. The highest BCUT2D eigenvalue weighted by molar-refractivity contribution is 6.29. The molecule has 1 spiro atoms. The number of hydrogen-bond acceptors (Lipinski definition) is 5. The fourth-order valence-electron chi connectivity index (χ4n) is 4.84. The third-order valence-electron chi connectivity index (χ3n) is 6.41. The van der Waals surface area contributed by atoms with Crippen molar-refractivity contribution in [1.82, 2.24) is 24.8 Å². The molecule has 3 aromatic rings. The quantitative estimate of drug-likeness (QED) is 0.635. The third kappa shape index (κ3) is 2.99. The molecule has 2 aliphatic rings. The zero-order chi connectivity index (χ0) is 20.7. The standard InChI is InChI=1S/C22H25ClN6O/c1-2-3-12-28-16-4-5-18(23)26-20(16)27-19(28)14-29-17-13-25-9-6-15(17)22(21(29)30)7-10-24-11-8-22/h4-6,9,13,24H,2-3,7-8,10-12,14H2,1H3. The van der Waals surface area contributed by atoms with Crippen LogP contribution in [-0.4, -0.2) is 38.5 Å². The van der Waals surface area contributed by atoms with Crippen LogP contribution in [0, 0.1) is 0 Å². The highest BCUT2D eigenvalue weighted by atomic mass is 35.5. The second kappa shape index (κ2) is 7.63. The summed E-state index contributed by atoms with van der Waals surface area (Å²) in [6.07, 6.45) is 7.33. The monoisotopic (exact) mass is 424 g/mol. The number of rotatable bonds is 5. The van der Waals surface area contributed by atoms with E-state index in [1.165, 1.54) is 0 Å². The van der Waals surface area contributed by atoms with Crippen molar-refractivity contribution in [3.63, 3.8) is 0 Å². The van der Waals surface area contributed by atoms with Gasteiger partial charge in [-0.05, 0) is 56.1 Å². The van der Waals surface area contributed by atoms with E-state index in [9.17, 15) is 4.79 Å². The Balaban J connectivity index is 1.57. The molecule has 8 heteroatoms. The van der Waals surface area contributed by atoms with Crippen LogP contribution in [0.1, 0.15) is 44.0 Å². The normalized spacial score (nSPS) is 17.8. The Kier molecular flexibility index (Phi) is 4.95. The largest absolute Gasteiger partial charge is 0.325 e. The van der Waals surface area contributed by atoms with Gasteiger partial charge in [-0.2, -0.15) is 0 Å². The minimum Gasteiger partial charge on any atom is -0.325 e. The molecule has 156 valence electrons. The molecule has 0 bridgehead atoms. The summed E-state index contributed by atoms with van der Waals surface area (Å²) in [6.45, 7) is 5.10. The number of aromatic nitrogens is 4. The lowest BCUT2D eigenvalue weighted by Crippen LogP contribution is -2.47. The summed E-state index contributed by atoms with van der Waals surface area (Å²) in [4.78, 5) is 29.1. The molecule has 1 fully saturated rings. The fraction of sp³-hybridized carbons (Fsp3) is 0.455. The van der Waals surface area contributed by atoms with Crippen molar-refractivity contribution in [2.45, 2.75) is 51.1 Å². The molecule has 0 saturated carbocycles. The topological polar surface area (TPSA) is 75.9 Å². The zero-order valence-corrected chi connectivity index (χ0v) is 17.8. The summed E-state index contributed by atoms with van der Waals surface area (Å²) in [7, 11) is 0. The number of unbranched alkanes of at least 4 members (excludes halogenated alkanes) is 1. The van der Waals surface area contributed by atoms with Gasteiger partial charge in [0.1, 0.15) is 11.0 Å². The molecule has 0 aliphatic carbocycles. The second-order valence-electron chi connectivity index (χ2n) is 8.13. The van der Waals surface area contributed by atoms with Crippen LogP contribution in [0.15, 0.2) is 30.6 Å². The van der Waals surface area contributed by atoms with E-state index in [-0.39, 0.29) is 5.91 Å². The molecule has 7 nitrogen and oxygen atoms in total. The SMILES string of the molecule is CCCCn1c(CN2C(=O)C3(CCNCC3)c3ccncc32)nc2nc(Cl)ccc21. The first-order valence-electron chi connectivity index (χ1n) is 10.6. The minimum atomic E-state index is -0.453. The number of carbonyl (C=O) groups is 1. The summed E-state index contributed by atoms with van der Waals surface area (Å²) in [5.74, 6) is 0.995. The van der Waals surface area contributed by atoms with Gasteiger partial charge < -0.3 is 14.8 Å². The van der Waals surface area contributed by atoms with E-state index in [0.29, 0.717) is 17.3 Å². The van der Waals surface area contributed by atoms with Gasteiger partial charge in [0, 0.05) is 12.7 Å². The lowest BCUT2D eigenvalue weighted by molar-refractivity contribution is -0.124. The number of nitrogens with zero attached hydrogens (tertiary/aromatic N) is 5. The number of amides is 1. The minimum absolute atomic E-state index is 0.159. The average molecular weight is 425 g/mol. The number of fused-ring (bicyclic) bond motifs is 3. The number of aryl methyl sites for hydroxylation is 1. The van der Waals surface area contributed by atoms with Gasteiger partial charge in [0.25, 0.3) is 0 Å². The Morgan fingerprint density at radius 2 is 2.03 bits per heavy atom. The Morgan fingerprint density at radius 3 is 2.83 bits per heavy atom. The molecule has 0 radical (unpaired) electrons. The number of piperidine rings is 1. The maximum Gasteiger partial charge on any atom is 0.238 e. The van der Waals surface area contributed by atoms with Crippen LogP contribution in [0.2, 0.25) is 5.15 Å². The molecule has 1 saturated heterocycles. The number of pyridine rings is 2. The molecule has 3 aromatic heterocycles. The number of halogens is 1. The lowest BCUT2D eigenvalue weighted by Gasteiger charge is -2.33. The molecular weight excluding hydrogens is 400 g/mol. The van der Waals surface area contributed by atoms with Crippen LogP contribution in [-0.2, 0) is 23.3 Å². The van der Waals surface area contributed by atoms with Crippen molar-refractivity contribution in [2.24, 2.45) is 0 Å². The van der Waals surface area contributed by atoms with Gasteiger partial charge in [-0.25, -0.2) is 9.97 Å². The van der Waals surface area contributed by atoms with E-state index in [0.717, 1.165) is 67.9 Å². The lowest BCUT2D eigenvalue weighted by atomic mass is 9.74. The van der Waals surface area contributed by atoms with Crippen LogP contribution in [0.5, 0.6) is 0 Å². The van der Waals surface area contributed by atoms with E-state index in [4.69, 9.17) is 16.6 Å². The van der Waals surface area contributed by atoms with E-state index >= 15 is 0 Å². The number of carbonyl (C=O) groups excluding carboxylic acids is 1. The predicted octanol–water partition coefficient (Wildman–Crippen LogP) is 3.45. The molecule has 0 aromatic carbocycles. The van der Waals surface area contributed by atoms with Crippen LogP contribution in [0.25, 0.3) is 11.2 Å². The number of imidazole rings is 1. The maximum atomic E-state index is 13.7. The van der Waals surface area contributed by atoms with Crippen LogP contribution in [0.3, 0.4) is 0 Å². The summed E-state index contributed by atoms with van der Waals surface area (Å²) in [5.41, 5.74) is 3.14. The summed E-state index contributed by atoms with van der Waals surface area (Å²) in [6, 6.07) is 5.77. The van der Waals surface area contributed by atoms with Crippen molar-refractivity contribution in [2.75, 3.05) is 18.0 Å². The van der Waals surface area contributed by atoms with Crippen LogP contribution >= 0.6 is 11.6 Å². The predicted molar refractivity (Wildman–Crippen MR) is 117 cm³/mol. The van der Waals surface area contributed by atoms with E-state index < -0.39 is 5.41 Å². The van der Waals surface area contributed by atoms with Crippen molar-refractivity contribution in [1.29, 1.82) is 0 Å². The van der Waals surface area contributed by atoms with Crippen molar-refractivity contribution in [3.05, 3.63) is 47.1 Å².